The van der Waals surface area contributed by atoms with Crippen LogP contribution in [0.4, 0.5) is 5.69 Å². The minimum atomic E-state index is -0.742. The maximum absolute atomic E-state index is 12.4. The van der Waals surface area contributed by atoms with Crippen molar-refractivity contribution in [1.29, 1.82) is 0 Å². The quantitative estimate of drug-likeness (QED) is 0.598. The zero-order chi connectivity index (χ0) is 19.6. The number of halogens is 2. The molecule has 2 N–H and O–H groups in total. The average Bonchev–Trinajstić information content (AvgIpc) is 2.65. The lowest BCUT2D eigenvalue weighted by Crippen LogP contribution is -2.51. The lowest BCUT2D eigenvalue weighted by molar-refractivity contribution is -0.138. The van der Waals surface area contributed by atoms with E-state index >= 15 is 0 Å². The number of rotatable bonds is 4. The van der Waals surface area contributed by atoms with E-state index in [-0.39, 0.29) is 27.7 Å². The Morgan fingerprint density at radius 3 is 2.52 bits per heavy atom. The van der Waals surface area contributed by atoms with Crippen LogP contribution in [0.15, 0.2) is 36.4 Å². The number of anilines is 1. The number of nitrogens with zero attached hydrogens (tertiary/aromatic N) is 1. The summed E-state index contributed by atoms with van der Waals surface area (Å²) in [6.45, 7) is 1.91. The Bertz CT molecular complexity index is 915. The molecule has 27 heavy (non-hydrogen) atoms. The van der Waals surface area contributed by atoms with Crippen molar-refractivity contribution < 1.29 is 14.4 Å². The van der Waals surface area contributed by atoms with Gasteiger partial charge in [-0.15, -0.1) is 0 Å². The van der Waals surface area contributed by atoms with E-state index in [0.717, 1.165) is 5.56 Å². The van der Waals surface area contributed by atoms with Gasteiger partial charge in [0.15, 0.2) is 0 Å². The molecule has 1 aliphatic rings. The molecule has 0 spiro atoms. The third-order valence-corrected chi connectivity index (χ3v) is 5.31. The number of hydrogen-bond donors (Lipinski definition) is 2. The van der Waals surface area contributed by atoms with Gasteiger partial charge in [-0.1, -0.05) is 42.3 Å². The van der Waals surface area contributed by atoms with Gasteiger partial charge < -0.3 is 5.32 Å². The summed E-state index contributed by atoms with van der Waals surface area (Å²) in [6.07, 6.45) is 1.33. The second-order valence-corrected chi connectivity index (χ2v) is 7.10. The fourth-order valence-corrected chi connectivity index (χ4v) is 3.55. The first kappa shape index (κ1) is 19.3. The number of pyridine rings is 1. The fourth-order valence-electron chi connectivity index (χ4n) is 3.21. The smallest absolute Gasteiger partial charge is 0.275 e. The summed E-state index contributed by atoms with van der Waals surface area (Å²) < 4.78 is 0. The van der Waals surface area contributed by atoms with Gasteiger partial charge in [0, 0.05) is 12.1 Å². The van der Waals surface area contributed by atoms with Crippen LogP contribution in [0.5, 0.6) is 0 Å². The van der Waals surface area contributed by atoms with E-state index in [2.05, 4.69) is 15.6 Å². The third-order valence-electron chi connectivity index (χ3n) is 4.79. The van der Waals surface area contributed by atoms with Gasteiger partial charge in [-0.25, -0.2) is 4.98 Å². The van der Waals surface area contributed by atoms with Crippen LogP contribution in [0.25, 0.3) is 0 Å². The molecule has 140 valence electrons. The van der Waals surface area contributed by atoms with E-state index in [9.17, 15) is 14.4 Å². The normalized spacial score (nSPS) is 19.5. The number of aromatic nitrogens is 1. The maximum Gasteiger partial charge on any atom is 0.275 e. The molecular weight excluding hydrogens is 389 g/mol. The van der Waals surface area contributed by atoms with E-state index in [1.54, 1.807) is 24.3 Å². The Morgan fingerprint density at radius 2 is 1.89 bits per heavy atom. The second-order valence-electron chi connectivity index (χ2n) is 6.31. The van der Waals surface area contributed by atoms with Gasteiger partial charge in [0.2, 0.25) is 11.8 Å². The summed E-state index contributed by atoms with van der Waals surface area (Å²) in [5.74, 6) is -1.02. The van der Waals surface area contributed by atoms with Crippen molar-refractivity contribution in [2.24, 2.45) is 0 Å². The number of piperidine rings is 1. The Labute approximate surface area is 166 Å². The van der Waals surface area contributed by atoms with E-state index in [1.807, 2.05) is 6.92 Å². The minimum absolute atomic E-state index is 0.0310. The van der Waals surface area contributed by atoms with Crippen LogP contribution < -0.4 is 10.6 Å². The molecule has 0 radical (unpaired) electrons. The summed E-state index contributed by atoms with van der Waals surface area (Å²) in [7, 11) is 0. The van der Waals surface area contributed by atoms with Crippen molar-refractivity contribution >= 4 is 46.6 Å². The van der Waals surface area contributed by atoms with Gasteiger partial charge in [-0.2, -0.15) is 0 Å². The number of amides is 3. The lowest BCUT2D eigenvalue weighted by Gasteiger charge is -2.35. The molecule has 1 fully saturated rings. The molecule has 1 aliphatic heterocycles. The molecule has 2 aromatic rings. The predicted octanol–water partition coefficient (Wildman–Crippen LogP) is 3.73. The first-order valence-corrected chi connectivity index (χ1v) is 9.19. The lowest BCUT2D eigenvalue weighted by atomic mass is 9.72. The topological polar surface area (TPSA) is 88.2 Å². The van der Waals surface area contributed by atoms with E-state index in [1.165, 1.54) is 12.1 Å². The standard InChI is InChI=1S/C19H17Cl2N3O3/c1-2-19(10-9-15(25)24-18(19)27)11-3-5-12(6-4-11)22-17(26)16-13(20)7-8-14(21)23-16/h3-8H,2,9-10H2,1H3,(H,22,26)(H,24,25,27). The average molecular weight is 406 g/mol. The Kier molecular flexibility index (Phi) is 5.48. The van der Waals surface area contributed by atoms with Crippen LogP contribution in [0.3, 0.4) is 0 Å². The van der Waals surface area contributed by atoms with Gasteiger partial charge >= 0.3 is 0 Å². The molecule has 1 unspecified atom stereocenters. The molecule has 8 heteroatoms. The van der Waals surface area contributed by atoms with Crippen molar-refractivity contribution in [2.45, 2.75) is 31.6 Å². The molecule has 1 aromatic carbocycles. The number of imide groups is 1. The van der Waals surface area contributed by atoms with Crippen molar-refractivity contribution in [3.8, 4) is 0 Å². The van der Waals surface area contributed by atoms with E-state index < -0.39 is 11.3 Å². The zero-order valence-corrected chi connectivity index (χ0v) is 16.0. The SMILES string of the molecule is CCC1(c2ccc(NC(=O)c3nc(Cl)ccc3Cl)cc2)CCC(=O)NC1=O. The van der Waals surface area contributed by atoms with Crippen LogP contribution in [0.2, 0.25) is 10.2 Å². The summed E-state index contributed by atoms with van der Waals surface area (Å²) >= 11 is 11.8. The first-order valence-electron chi connectivity index (χ1n) is 8.44. The van der Waals surface area contributed by atoms with Crippen molar-refractivity contribution in [3.05, 3.63) is 57.8 Å². The molecule has 0 bridgehead atoms. The van der Waals surface area contributed by atoms with Gasteiger partial charge in [0.05, 0.1) is 10.4 Å². The van der Waals surface area contributed by atoms with Crippen molar-refractivity contribution in [3.63, 3.8) is 0 Å². The molecule has 0 saturated carbocycles. The fraction of sp³-hybridized carbons (Fsp3) is 0.263. The summed E-state index contributed by atoms with van der Waals surface area (Å²) in [5, 5.41) is 5.49. The Morgan fingerprint density at radius 1 is 1.19 bits per heavy atom. The number of nitrogens with one attached hydrogen (secondary N) is 2. The highest BCUT2D eigenvalue weighted by molar-refractivity contribution is 6.35. The molecule has 1 aromatic heterocycles. The van der Waals surface area contributed by atoms with Crippen LogP contribution in [-0.2, 0) is 15.0 Å². The highest BCUT2D eigenvalue weighted by atomic mass is 35.5. The van der Waals surface area contributed by atoms with Gasteiger partial charge in [0.25, 0.3) is 5.91 Å². The van der Waals surface area contributed by atoms with Gasteiger partial charge in [-0.3, -0.25) is 19.7 Å². The third kappa shape index (κ3) is 3.82. The van der Waals surface area contributed by atoms with Crippen molar-refractivity contribution in [1.82, 2.24) is 10.3 Å². The second kappa shape index (κ2) is 7.66. The number of carbonyl (C=O) groups excluding carboxylic acids is 3. The van der Waals surface area contributed by atoms with Crippen LogP contribution in [-0.4, -0.2) is 22.7 Å². The maximum atomic E-state index is 12.4. The molecule has 0 aliphatic carbocycles. The summed E-state index contributed by atoms with van der Waals surface area (Å²) in [4.78, 5) is 40.2. The summed E-state index contributed by atoms with van der Waals surface area (Å²) in [6, 6.07) is 9.96. The summed E-state index contributed by atoms with van der Waals surface area (Å²) in [5.41, 5.74) is 0.615. The van der Waals surface area contributed by atoms with Crippen LogP contribution in [0, 0.1) is 0 Å². The molecule has 3 amide bonds. The zero-order valence-electron chi connectivity index (χ0n) is 14.5. The Hall–Kier alpha value is -2.44. The van der Waals surface area contributed by atoms with E-state index in [0.29, 0.717) is 24.9 Å². The molecule has 2 heterocycles. The minimum Gasteiger partial charge on any atom is -0.321 e. The molecule has 6 nitrogen and oxygen atoms in total. The number of carbonyl (C=O) groups is 3. The number of hydrogen-bond acceptors (Lipinski definition) is 4. The van der Waals surface area contributed by atoms with Crippen molar-refractivity contribution in [2.75, 3.05) is 5.32 Å². The predicted molar refractivity (Wildman–Crippen MR) is 103 cm³/mol. The molecular formula is C19H17Cl2N3O3. The largest absolute Gasteiger partial charge is 0.321 e. The first-order chi connectivity index (χ1) is 12.9. The molecule has 3 rings (SSSR count). The van der Waals surface area contributed by atoms with E-state index in [4.69, 9.17) is 23.2 Å². The highest BCUT2D eigenvalue weighted by Crippen LogP contribution is 2.36. The van der Waals surface area contributed by atoms with Gasteiger partial charge in [-0.05, 0) is 42.7 Å². The number of benzene rings is 1. The van der Waals surface area contributed by atoms with Crippen LogP contribution in [0.1, 0.15) is 42.2 Å². The van der Waals surface area contributed by atoms with Crippen LogP contribution >= 0.6 is 23.2 Å². The molecule has 1 saturated heterocycles. The van der Waals surface area contributed by atoms with Gasteiger partial charge in [0.1, 0.15) is 10.8 Å². The highest BCUT2D eigenvalue weighted by Gasteiger charge is 2.42. The Balaban J connectivity index is 1.81. The molecule has 1 atom stereocenters. The monoisotopic (exact) mass is 405 g/mol.